The molecule has 0 saturated heterocycles. The molecule has 0 aliphatic carbocycles. The van der Waals surface area contributed by atoms with Crippen molar-refractivity contribution in [2.45, 2.75) is 13.3 Å². The van der Waals surface area contributed by atoms with E-state index in [1.165, 1.54) is 16.9 Å². The zero-order chi connectivity index (χ0) is 13.1. The second-order valence-corrected chi connectivity index (χ2v) is 5.29. The first-order chi connectivity index (χ1) is 8.61. The molecular weight excluding hydrogens is 250 g/mol. The highest BCUT2D eigenvalue weighted by Crippen LogP contribution is 2.23. The first-order valence-electron chi connectivity index (χ1n) is 5.81. The largest absolute Gasteiger partial charge is 0.380 e. The standard InChI is InChI=1S/C12H17N3O2S/c1-8-10(18-12(13)14-8)11(16)15-5-3-9(4-6-15)7-17-2/h3H,4-7H2,1-2H3,(H2,13,14). The van der Waals surface area contributed by atoms with Gasteiger partial charge in [0.2, 0.25) is 0 Å². The number of ether oxygens (including phenoxy) is 1. The number of methoxy groups -OCH3 is 1. The Morgan fingerprint density at radius 2 is 2.44 bits per heavy atom. The van der Waals surface area contributed by atoms with E-state index in [4.69, 9.17) is 10.5 Å². The number of nitrogens with zero attached hydrogens (tertiary/aromatic N) is 2. The van der Waals surface area contributed by atoms with Gasteiger partial charge in [0.1, 0.15) is 4.88 Å². The van der Waals surface area contributed by atoms with E-state index in [1.807, 2.05) is 11.8 Å². The van der Waals surface area contributed by atoms with Crippen LogP contribution < -0.4 is 5.73 Å². The summed E-state index contributed by atoms with van der Waals surface area (Å²) in [7, 11) is 1.68. The van der Waals surface area contributed by atoms with Gasteiger partial charge in [-0.25, -0.2) is 4.98 Å². The number of aromatic nitrogens is 1. The van der Waals surface area contributed by atoms with Gasteiger partial charge in [-0.15, -0.1) is 0 Å². The molecule has 1 aliphatic heterocycles. The van der Waals surface area contributed by atoms with Gasteiger partial charge in [-0.2, -0.15) is 0 Å². The lowest BCUT2D eigenvalue weighted by Gasteiger charge is -2.26. The fourth-order valence-corrected chi connectivity index (χ4v) is 2.77. The van der Waals surface area contributed by atoms with E-state index in [0.29, 0.717) is 28.9 Å². The number of nitrogens with two attached hydrogens (primary N) is 1. The molecule has 0 saturated carbocycles. The van der Waals surface area contributed by atoms with Gasteiger partial charge in [0.15, 0.2) is 5.13 Å². The van der Waals surface area contributed by atoms with Gasteiger partial charge in [-0.3, -0.25) is 4.79 Å². The summed E-state index contributed by atoms with van der Waals surface area (Å²) in [5, 5.41) is 0.448. The zero-order valence-electron chi connectivity index (χ0n) is 10.6. The van der Waals surface area contributed by atoms with Crippen LogP contribution in [0.15, 0.2) is 11.6 Å². The van der Waals surface area contributed by atoms with Crippen molar-refractivity contribution in [1.82, 2.24) is 9.88 Å². The van der Waals surface area contributed by atoms with Crippen LogP contribution in [0.1, 0.15) is 21.8 Å². The van der Waals surface area contributed by atoms with E-state index in [0.717, 1.165) is 13.0 Å². The van der Waals surface area contributed by atoms with E-state index in [2.05, 4.69) is 11.1 Å². The zero-order valence-corrected chi connectivity index (χ0v) is 11.4. The summed E-state index contributed by atoms with van der Waals surface area (Å²) in [6.07, 6.45) is 2.93. The van der Waals surface area contributed by atoms with Crippen molar-refractivity contribution >= 4 is 22.4 Å². The Kier molecular flexibility index (Phi) is 3.98. The van der Waals surface area contributed by atoms with E-state index in [1.54, 1.807) is 7.11 Å². The molecule has 5 nitrogen and oxygen atoms in total. The Morgan fingerprint density at radius 3 is 2.94 bits per heavy atom. The summed E-state index contributed by atoms with van der Waals surface area (Å²) < 4.78 is 5.09. The number of hydrogen-bond acceptors (Lipinski definition) is 5. The minimum Gasteiger partial charge on any atom is -0.380 e. The molecule has 6 heteroatoms. The van der Waals surface area contributed by atoms with Crippen LogP contribution in [0, 0.1) is 6.92 Å². The first kappa shape index (κ1) is 13.0. The van der Waals surface area contributed by atoms with Crippen molar-refractivity contribution in [3.05, 3.63) is 22.2 Å². The molecule has 98 valence electrons. The topological polar surface area (TPSA) is 68.5 Å². The van der Waals surface area contributed by atoms with Gasteiger partial charge in [0.05, 0.1) is 12.3 Å². The number of carbonyl (C=O) groups excluding carboxylic acids is 1. The maximum atomic E-state index is 12.3. The second kappa shape index (κ2) is 5.49. The summed E-state index contributed by atoms with van der Waals surface area (Å²) in [5.74, 6) is 0.0226. The lowest BCUT2D eigenvalue weighted by atomic mass is 10.1. The Balaban J connectivity index is 2.06. The number of rotatable bonds is 3. The number of aryl methyl sites for hydroxylation is 1. The van der Waals surface area contributed by atoms with Crippen LogP contribution in [-0.4, -0.2) is 42.6 Å². The van der Waals surface area contributed by atoms with E-state index < -0.39 is 0 Å². The predicted molar refractivity (Wildman–Crippen MR) is 71.7 cm³/mol. The smallest absolute Gasteiger partial charge is 0.266 e. The number of hydrogen-bond donors (Lipinski definition) is 1. The van der Waals surface area contributed by atoms with E-state index in [-0.39, 0.29) is 5.91 Å². The summed E-state index contributed by atoms with van der Waals surface area (Å²) >= 11 is 1.26. The molecule has 2 rings (SSSR count). The predicted octanol–water partition coefficient (Wildman–Crippen LogP) is 1.45. The van der Waals surface area contributed by atoms with Gasteiger partial charge in [0, 0.05) is 20.2 Å². The number of nitrogen functional groups attached to an aromatic ring is 1. The summed E-state index contributed by atoms with van der Waals surface area (Å²) in [4.78, 5) is 18.8. The maximum Gasteiger partial charge on any atom is 0.266 e. The normalized spacial score (nSPS) is 15.7. The molecule has 0 spiro atoms. The third-order valence-electron chi connectivity index (χ3n) is 2.93. The maximum absolute atomic E-state index is 12.3. The molecule has 2 heterocycles. The first-order valence-corrected chi connectivity index (χ1v) is 6.62. The minimum absolute atomic E-state index is 0.0226. The lowest BCUT2D eigenvalue weighted by Crippen LogP contribution is -2.35. The third-order valence-corrected chi connectivity index (χ3v) is 3.90. The van der Waals surface area contributed by atoms with Gasteiger partial charge in [-0.1, -0.05) is 17.4 Å². The van der Waals surface area contributed by atoms with Crippen molar-refractivity contribution in [3.63, 3.8) is 0 Å². The van der Waals surface area contributed by atoms with Gasteiger partial charge in [0.25, 0.3) is 5.91 Å². The SMILES string of the molecule is COCC1=CCN(C(=O)c2sc(N)nc2C)CC1. The monoisotopic (exact) mass is 267 g/mol. The molecule has 0 radical (unpaired) electrons. The molecule has 2 N–H and O–H groups in total. The second-order valence-electron chi connectivity index (χ2n) is 4.26. The van der Waals surface area contributed by atoms with Gasteiger partial charge < -0.3 is 15.4 Å². The highest BCUT2D eigenvalue weighted by Gasteiger charge is 2.22. The molecule has 0 unspecified atom stereocenters. The molecule has 0 aromatic carbocycles. The van der Waals surface area contributed by atoms with Crippen molar-refractivity contribution in [2.75, 3.05) is 32.5 Å². The Labute approximate surface area is 110 Å². The van der Waals surface area contributed by atoms with Gasteiger partial charge >= 0.3 is 0 Å². The summed E-state index contributed by atoms with van der Waals surface area (Å²) in [6, 6.07) is 0. The lowest BCUT2D eigenvalue weighted by molar-refractivity contribution is 0.0769. The molecule has 0 fully saturated rings. The van der Waals surface area contributed by atoms with Crippen LogP contribution in [-0.2, 0) is 4.74 Å². The van der Waals surface area contributed by atoms with Gasteiger partial charge in [-0.05, 0) is 18.9 Å². The molecule has 0 bridgehead atoms. The van der Waals surface area contributed by atoms with Crippen LogP contribution in [0.4, 0.5) is 5.13 Å². The average Bonchev–Trinajstić information content (AvgIpc) is 2.69. The molecule has 0 atom stereocenters. The van der Waals surface area contributed by atoms with Crippen molar-refractivity contribution in [1.29, 1.82) is 0 Å². The van der Waals surface area contributed by atoms with Crippen LogP contribution in [0.3, 0.4) is 0 Å². The molecular formula is C12H17N3O2S. The van der Waals surface area contributed by atoms with Crippen molar-refractivity contribution in [3.8, 4) is 0 Å². The third kappa shape index (κ3) is 2.70. The summed E-state index contributed by atoms with van der Waals surface area (Å²) in [6.45, 7) is 3.82. The van der Waals surface area contributed by atoms with E-state index in [9.17, 15) is 4.79 Å². The Morgan fingerprint density at radius 1 is 1.67 bits per heavy atom. The Hall–Kier alpha value is -1.40. The number of carbonyl (C=O) groups is 1. The molecule has 18 heavy (non-hydrogen) atoms. The molecule has 1 aromatic rings. The fourth-order valence-electron chi connectivity index (χ4n) is 1.97. The minimum atomic E-state index is 0.0226. The van der Waals surface area contributed by atoms with Crippen LogP contribution in [0.2, 0.25) is 0 Å². The average molecular weight is 267 g/mol. The number of anilines is 1. The van der Waals surface area contributed by atoms with Crippen molar-refractivity contribution in [2.24, 2.45) is 0 Å². The van der Waals surface area contributed by atoms with Crippen LogP contribution >= 0.6 is 11.3 Å². The molecule has 1 amide bonds. The van der Waals surface area contributed by atoms with E-state index >= 15 is 0 Å². The summed E-state index contributed by atoms with van der Waals surface area (Å²) in [5.41, 5.74) is 7.59. The molecule has 1 aliphatic rings. The Bertz CT molecular complexity index is 482. The highest BCUT2D eigenvalue weighted by molar-refractivity contribution is 7.17. The number of thiazole rings is 1. The quantitative estimate of drug-likeness (QED) is 0.842. The number of amides is 1. The van der Waals surface area contributed by atoms with Crippen LogP contribution in [0.25, 0.3) is 0 Å². The van der Waals surface area contributed by atoms with Crippen LogP contribution in [0.5, 0.6) is 0 Å². The van der Waals surface area contributed by atoms with Crippen molar-refractivity contribution < 1.29 is 9.53 Å². The fraction of sp³-hybridized carbons (Fsp3) is 0.500. The molecule has 1 aromatic heterocycles. The highest BCUT2D eigenvalue weighted by atomic mass is 32.1.